The van der Waals surface area contributed by atoms with Crippen molar-refractivity contribution in [3.05, 3.63) is 18.0 Å². The predicted octanol–water partition coefficient (Wildman–Crippen LogP) is 0.748. The van der Waals surface area contributed by atoms with E-state index >= 15 is 0 Å². The third-order valence-corrected chi connectivity index (χ3v) is 3.13. The zero-order chi connectivity index (χ0) is 10.8. The Morgan fingerprint density at radius 3 is 3.07 bits per heavy atom. The molecular formula is C11H18N2O2. The minimum absolute atomic E-state index is 0.177. The fourth-order valence-corrected chi connectivity index (χ4v) is 2.22. The van der Waals surface area contributed by atoms with E-state index in [1.54, 1.807) is 4.68 Å². The quantitative estimate of drug-likeness (QED) is 0.800. The molecule has 3 unspecified atom stereocenters. The third-order valence-electron chi connectivity index (χ3n) is 3.13. The Hall–Kier alpha value is -0.870. The van der Waals surface area contributed by atoms with Crippen molar-refractivity contribution in [1.82, 2.24) is 9.78 Å². The summed E-state index contributed by atoms with van der Waals surface area (Å²) >= 11 is 0. The van der Waals surface area contributed by atoms with Crippen LogP contribution in [0.5, 0.6) is 0 Å². The molecule has 1 aliphatic heterocycles. The summed E-state index contributed by atoms with van der Waals surface area (Å²) in [5, 5.41) is 14.2. The summed E-state index contributed by atoms with van der Waals surface area (Å²) in [4.78, 5) is 0. The summed E-state index contributed by atoms with van der Waals surface area (Å²) in [6.07, 6.45) is 5.26. The molecule has 0 saturated carbocycles. The van der Waals surface area contributed by atoms with Gasteiger partial charge in [-0.1, -0.05) is 0 Å². The van der Waals surface area contributed by atoms with Crippen LogP contribution in [0.25, 0.3) is 0 Å². The van der Waals surface area contributed by atoms with E-state index < -0.39 is 0 Å². The largest absolute Gasteiger partial charge is 0.392 e. The van der Waals surface area contributed by atoms with Crippen LogP contribution in [0.2, 0.25) is 0 Å². The first kappa shape index (κ1) is 10.6. The van der Waals surface area contributed by atoms with Crippen LogP contribution < -0.4 is 0 Å². The van der Waals surface area contributed by atoms with Crippen molar-refractivity contribution in [2.24, 2.45) is 13.0 Å². The normalized spacial score (nSPS) is 28.2. The second-order valence-electron chi connectivity index (χ2n) is 4.32. The molecule has 15 heavy (non-hydrogen) atoms. The lowest BCUT2D eigenvalue weighted by molar-refractivity contribution is 0.0441. The maximum absolute atomic E-state index is 10.1. The van der Waals surface area contributed by atoms with E-state index in [0.717, 1.165) is 18.6 Å². The molecule has 84 valence electrons. The van der Waals surface area contributed by atoms with Crippen molar-refractivity contribution in [3.63, 3.8) is 0 Å². The van der Waals surface area contributed by atoms with Gasteiger partial charge in [0.15, 0.2) is 0 Å². The van der Waals surface area contributed by atoms with Crippen molar-refractivity contribution in [2.75, 3.05) is 6.61 Å². The molecule has 0 spiro atoms. The average molecular weight is 210 g/mol. The minimum Gasteiger partial charge on any atom is -0.392 e. The van der Waals surface area contributed by atoms with Gasteiger partial charge < -0.3 is 9.84 Å². The first-order valence-electron chi connectivity index (χ1n) is 5.44. The minimum atomic E-state index is -0.313. The molecule has 0 bridgehead atoms. The SMILES string of the molecule is CC1OCCC1C(O)Cc1cnn(C)c1. The molecular weight excluding hydrogens is 192 g/mol. The Balaban J connectivity index is 1.94. The predicted molar refractivity (Wildman–Crippen MR) is 56.4 cm³/mol. The zero-order valence-electron chi connectivity index (χ0n) is 9.26. The summed E-state index contributed by atoms with van der Waals surface area (Å²) in [5.74, 6) is 0.269. The van der Waals surface area contributed by atoms with Gasteiger partial charge in [0.25, 0.3) is 0 Å². The van der Waals surface area contributed by atoms with Gasteiger partial charge in [0, 0.05) is 32.2 Å². The van der Waals surface area contributed by atoms with Gasteiger partial charge in [-0.05, 0) is 18.9 Å². The number of hydrogen-bond donors (Lipinski definition) is 1. The molecule has 1 N–H and O–H groups in total. The van der Waals surface area contributed by atoms with E-state index in [-0.39, 0.29) is 18.1 Å². The Morgan fingerprint density at radius 1 is 1.73 bits per heavy atom. The van der Waals surface area contributed by atoms with Gasteiger partial charge >= 0.3 is 0 Å². The van der Waals surface area contributed by atoms with Gasteiger partial charge in [0.2, 0.25) is 0 Å². The monoisotopic (exact) mass is 210 g/mol. The summed E-state index contributed by atoms with van der Waals surface area (Å²) in [7, 11) is 1.89. The van der Waals surface area contributed by atoms with Crippen LogP contribution in [0.15, 0.2) is 12.4 Å². The summed E-state index contributed by atoms with van der Waals surface area (Å²) < 4.78 is 7.21. The Morgan fingerprint density at radius 2 is 2.53 bits per heavy atom. The van der Waals surface area contributed by atoms with Crippen LogP contribution in [0.4, 0.5) is 0 Å². The lowest BCUT2D eigenvalue weighted by Gasteiger charge is -2.20. The highest BCUT2D eigenvalue weighted by Gasteiger charge is 2.30. The topological polar surface area (TPSA) is 47.3 Å². The van der Waals surface area contributed by atoms with Crippen LogP contribution in [0.1, 0.15) is 18.9 Å². The summed E-state index contributed by atoms with van der Waals surface area (Å²) in [6.45, 7) is 2.81. The van der Waals surface area contributed by atoms with Crippen molar-refractivity contribution >= 4 is 0 Å². The van der Waals surface area contributed by atoms with Crippen molar-refractivity contribution in [1.29, 1.82) is 0 Å². The standard InChI is InChI=1S/C11H18N2O2/c1-8-10(3-4-15-8)11(14)5-9-6-12-13(2)7-9/h6-8,10-11,14H,3-5H2,1-2H3. The number of aromatic nitrogens is 2. The van der Waals surface area contributed by atoms with Gasteiger partial charge in [-0.15, -0.1) is 0 Å². The van der Waals surface area contributed by atoms with Gasteiger partial charge in [0.05, 0.1) is 18.4 Å². The summed E-state index contributed by atoms with van der Waals surface area (Å²) in [6, 6.07) is 0. The molecule has 1 aliphatic rings. The molecule has 1 saturated heterocycles. The van der Waals surface area contributed by atoms with Crippen molar-refractivity contribution in [3.8, 4) is 0 Å². The van der Waals surface area contributed by atoms with E-state index in [4.69, 9.17) is 4.74 Å². The number of aryl methyl sites for hydroxylation is 1. The molecule has 2 rings (SSSR count). The third kappa shape index (κ3) is 2.38. The number of aliphatic hydroxyl groups excluding tert-OH is 1. The Kier molecular flexibility index (Phi) is 3.07. The Bertz CT molecular complexity index is 324. The van der Waals surface area contributed by atoms with Gasteiger partial charge in [0.1, 0.15) is 0 Å². The van der Waals surface area contributed by atoms with Crippen molar-refractivity contribution < 1.29 is 9.84 Å². The molecule has 0 amide bonds. The van der Waals surface area contributed by atoms with Crippen LogP contribution in [-0.2, 0) is 18.2 Å². The average Bonchev–Trinajstić information content (AvgIpc) is 2.75. The number of aliphatic hydroxyl groups is 1. The molecule has 2 heterocycles. The van der Waals surface area contributed by atoms with Crippen LogP contribution in [0, 0.1) is 5.92 Å². The van der Waals surface area contributed by atoms with E-state index in [0.29, 0.717) is 6.42 Å². The maximum atomic E-state index is 10.1. The molecule has 3 atom stereocenters. The molecule has 4 nitrogen and oxygen atoms in total. The molecule has 4 heteroatoms. The molecule has 1 aromatic rings. The number of nitrogens with zero attached hydrogens (tertiary/aromatic N) is 2. The lowest BCUT2D eigenvalue weighted by atomic mass is 9.92. The number of rotatable bonds is 3. The highest BCUT2D eigenvalue weighted by Crippen LogP contribution is 2.25. The van der Waals surface area contributed by atoms with Crippen LogP contribution in [0.3, 0.4) is 0 Å². The van der Waals surface area contributed by atoms with Crippen molar-refractivity contribution in [2.45, 2.75) is 32.0 Å². The lowest BCUT2D eigenvalue weighted by Crippen LogP contribution is -2.28. The maximum Gasteiger partial charge on any atom is 0.0635 e. The highest BCUT2D eigenvalue weighted by atomic mass is 16.5. The van der Waals surface area contributed by atoms with Gasteiger partial charge in [-0.2, -0.15) is 5.10 Å². The Labute approximate surface area is 89.9 Å². The smallest absolute Gasteiger partial charge is 0.0635 e. The number of hydrogen-bond acceptors (Lipinski definition) is 3. The fraction of sp³-hybridized carbons (Fsp3) is 0.727. The molecule has 0 aliphatic carbocycles. The molecule has 0 radical (unpaired) electrons. The van der Waals surface area contributed by atoms with Gasteiger partial charge in [-0.25, -0.2) is 0 Å². The van der Waals surface area contributed by atoms with E-state index in [2.05, 4.69) is 5.10 Å². The first-order chi connectivity index (χ1) is 7.16. The zero-order valence-corrected chi connectivity index (χ0v) is 9.26. The van der Waals surface area contributed by atoms with E-state index in [1.807, 2.05) is 26.4 Å². The molecule has 0 aromatic carbocycles. The van der Waals surface area contributed by atoms with Crippen LogP contribution in [-0.4, -0.2) is 33.7 Å². The fourth-order valence-electron chi connectivity index (χ4n) is 2.22. The molecule has 1 aromatic heterocycles. The van der Waals surface area contributed by atoms with E-state index in [9.17, 15) is 5.11 Å². The first-order valence-corrected chi connectivity index (χ1v) is 5.44. The second kappa shape index (κ2) is 4.33. The number of ether oxygens (including phenoxy) is 1. The van der Waals surface area contributed by atoms with E-state index in [1.165, 1.54) is 0 Å². The highest BCUT2D eigenvalue weighted by molar-refractivity contribution is 5.06. The van der Waals surface area contributed by atoms with Gasteiger partial charge in [-0.3, -0.25) is 4.68 Å². The molecule has 1 fully saturated rings. The second-order valence-corrected chi connectivity index (χ2v) is 4.32. The summed E-state index contributed by atoms with van der Waals surface area (Å²) in [5.41, 5.74) is 1.09. The van der Waals surface area contributed by atoms with Crippen LogP contribution >= 0.6 is 0 Å².